The van der Waals surface area contributed by atoms with Crippen LogP contribution in [-0.2, 0) is 4.79 Å². The van der Waals surface area contributed by atoms with Crippen molar-refractivity contribution in [1.29, 1.82) is 0 Å². The van der Waals surface area contributed by atoms with Gasteiger partial charge in [0, 0.05) is 13.1 Å². The maximum Gasteiger partial charge on any atom is 0.241 e. The molecule has 1 fully saturated rings. The van der Waals surface area contributed by atoms with Crippen molar-refractivity contribution in [3.63, 3.8) is 0 Å². The summed E-state index contributed by atoms with van der Waals surface area (Å²) in [5.74, 6) is 0.990. The van der Waals surface area contributed by atoms with Gasteiger partial charge in [0.2, 0.25) is 5.91 Å². The van der Waals surface area contributed by atoms with Crippen LogP contribution in [0, 0.1) is 0 Å². The first-order valence-electron chi connectivity index (χ1n) is 5.85. The van der Waals surface area contributed by atoms with Crippen LogP contribution in [0.4, 0.5) is 11.6 Å². The van der Waals surface area contributed by atoms with Crippen molar-refractivity contribution in [3.8, 4) is 0 Å². The standard InChI is InChI=1S/C11H17N5O/c12-9-6-13-7-10(15-9)14-8-11(17)16-4-2-1-3-5-16/h6-7H,1-5,8H2,(H3,12,14,15). The summed E-state index contributed by atoms with van der Waals surface area (Å²) in [4.78, 5) is 21.6. The van der Waals surface area contributed by atoms with Crippen LogP contribution in [-0.4, -0.2) is 40.4 Å². The van der Waals surface area contributed by atoms with Crippen molar-refractivity contribution in [2.75, 3.05) is 30.7 Å². The highest BCUT2D eigenvalue weighted by Crippen LogP contribution is 2.09. The molecule has 0 atom stereocenters. The molecular weight excluding hydrogens is 218 g/mol. The van der Waals surface area contributed by atoms with Crippen LogP contribution in [0.1, 0.15) is 19.3 Å². The Kier molecular flexibility index (Phi) is 3.74. The van der Waals surface area contributed by atoms with Crippen molar-refractivity contribution in [1.82, 2.24) is 14.9 Å². The Balaban J connectivity index is 1.83. The number of aromatic nitrogens is 2. The van der Waals surface area contributed by atoms with E-state index in [1.54, 1.807) is 6.20 Å². The average molecular weight is 235 g/mol. The molecule has 1 amide bonds. The summed E-state index contributed by atoms with van der Waals surface area (Å²) >= 11 is 0. The van der Waals surface area contributed by atoms with Gasteiger partial charge >= 0.3 is 0 Å². The summed E-state index contributed by atoms with van der Waals surface area (Å²) in [5, 5.41) is 2.94. The lowest BCUT2D eigenvalue weighted by Gasteiger charge is -2.26. The molecule has 17 heavy (non-hydrogen) atoms. The maximum atomic E-state index is 11.8. The van der Waals surface area contributed by atoms with Gasteiger partial charge in [0.25, 0.3) is 0 Å². The number of anilines is 2. The Morgan fingerprint density at radius 3 is 2.82 bits per heavy atom. The van der Waals surface area contributed by atoms with E-state index >= 15 is 0 Å². The van der Waals surface area contributed by atoms with Gasteiger partial charge in [-0.3, -0.25) is 9.78 Å². The van der Waals surface area contributed by atoms with Crippen molar-refractivity contribution in [3.05, 3.63) is 12.4 Å². The van der Waals surface area contributed by atoms with Crippen molar-refractivity contribution in [2.24, 2.45) is 0 Å². The van der Waals surface area contributed by atoms with Gasteiger partial charge in [0.15, 0.2) is 0 Å². The number of piperidine rings is 1. The normalized spacial score (nSPS) is 15.6. The molecule has 6 nitrogen and oxygen atoms in total. The van der Waals surface area contributed by atoms with Crippen LogP contribution >= 0.6 is 0 Å². The Labute approximate surface area is 100 Å². The summed E-state index contributed by atoms with van der Waals surface area (Å²) < 4.78 is 0. The van der Waals surface area contributed by atoms with E-state index in [-0.39, 0.29) is 12.5 Å². The lowest BCUT2D eigenvalue weighted by atomic mass is 10.1. The third kappa shape index (κ3) is 3.30. The second-order valence-corrected chi connectivity index (χ2v) is 4.12. The third-order valence-electron chi connectivity index (χ3n) is 2.78. The van der Waals surface area contributed by atoms with E-state index in [2.05, 4.69) is 15.3 Å². The first-order chi connectivity index (χ1) is 8.25. The monoisotopic (exact) mass is 235 g/mol. The minimum absolute atomic E-state index is 0.105. The van der Waals surface area contributed by atoms with E-state index < -0.39 is 0 Å². The molecule has 1 aliphatic rings. The number of likely N-dealkylation sites (tertiary alicyclic amines) is 1. The number of hydrogen-bond donors (Lipinski definition) is 2. The molecule has 0 bridgehead atoms. The number of hydrogen-bond acceptors (Lipinski definition) is 5. The molecule has 6 heteroatoms. The molecular formula is C11H17N5O. The van der Waals surface area contributed by atoms with Gasteiger partial charge < -0.3 is 16.0 Å². The van der Waals surface area contributed by atoms with E-state index in [1.807, 2.05) is 4.90 Å². The van der Waals surface area contributed by atoms with Crippen LogP contribution < -0.4 is 11.1 Å². The van der Waals surface area contributed by atoms with Crippen LogP contribution in [0.2, 0.25) is 0 Å². The number of carbonyl (C=O) groups is 1. The molecule has 2 heterocycles. The first-order valence-corrected chi connectivity index (χ1v) is 5.85. The van der Waals surface area contributed by atoms with E-state index in [4.69, 9.17) is 5.73 Å². The van der Waals surface area contributed by atoms with Crippen LogP contribution in [0.5, 0.6) is 0 Å². The van der Waals surface area contributed by atoms with Crippen LogP contribution in [0.3, 0.4) is 0 Å². The zero-order valence-electron chi connectivity index (χ0n) is 9.72. The SMILES string of the molecule is Nc1cncc(NCC(=O)N2CCCCC2)n1. The maximum absolute atomic E-state index is 11.8. The molecule has 1 aliphatic heterocycles. The molecule has 1 saturated heterocycles. The molecule has 0 radical (unpaired) electrons. The Morgan fingerprint density at radius 1 is 1.35 bits per heavy atom. The smallest absolute Gasteiger partial charge is 0.241 e. The highest BCUT2D eigenvalue weighted by Gasteiger charge is 2.15. The van der Waals surface area contributed by atoms with Crippen molar-refractivity contribution in [2.45, 2.75) is 19.3 Å². The second-order valence-electron chi connectivity index (χ2n) is 4.12. The molecule has 2 rings (SSSR count). The van der Waals surface area contributed by atoms with Gasteiger partial charge in [-0.15, -0.1) is 0 Å². The van der Waals surface area contributed by atoms with Crippen molar-refractivity contribution >= 4 is 17.5 Å². The Morgan fingerprint density at radius 2 is 2.12 bits per heavy atom. The summed E-state index contributed by atoms with van der Waals surface area (Å²) in [6.45, 7) is 1.98. The summed E-state index contributed by atoms with van der Waals surface area (Å²) in [7, 11) is 0. The number of nitrogens with two attached hydrogens (primary N) is 1. The highest BCUT2D eigenvalue weighted by atomic mass is 16.2. The second kappa shape index (κ2) is 5.47. The summed E-state index contributed by atoms with van der Waals surface area (Å²) in [5.41, 5.74) is 5.50. The van der Waals surface area contributed by atoms with Gasteiger partial charge in [0.1, 0.15) is 11.6 Å². The zero-order valence-corrected chi connectivity index (χ0v) is 9.72. The number of nitrogens with zero attached hydrogens (tertiary/aromatic N) is 3. The summed E-state index contributed by atoms with van der Waals surface area (Å²) in [6.07, 6.45) is 6.45. The predicted octanol–water partition coefficient (Wildman–Crippen LogP) is 0.483. The lowest BCUT2D eigenvalue weighted by Crippen LogP contribution is -2.39. The largest absolute Gasteiger partial charge is 0.382 e. The van der Waals surface area contributed by atoms with Crippen LogP contribution in [0.15, 0.2) is 12.4 Å². The molecule has 3 N–H and O–H groups in total. The van der Waals surface area contributed by atoms with Crippen LogP contribution in [0.25, 0.3) is 0 Å². The zero-order chi connectivity index (χ0) is 12.1. The molecule has 1 aromatic heterocycles. The van der Waals surface area contributed by atoms with E-state index in [0.717, 1.165) is 25.9 Å². The van der Waals surface area contributed by atoms with Gasteiger partial charge in [-0.2, -0.15) is 0 Å². The molecule has 1 aromatic rings. The number of nitrogen functional groups attached to an aromatic ring is 1. The topological polar surface area (TPSA) is 84.1 Å². The number of carbonyl (C=O) groups excluding carboxylic acids is 1. The molecule has 92 valence electrons. The Hall–Kier alpha value is -1.85. The fraction of sp³-hybridized carbons (Fsp3) is 0.545. The third-order valence-corrected chi connectivity index (χ3v) is 2.78. The van der Waals surface area contributed by atoms with E-state index in [9.17, 15) is 4.79 Å². The number of rotatable bonds is 3. The quantitative estimate of drug-likeness (QED) is 0.796. The van der Waals surface area contributed by atoms with Gasteiger partial charge in [0.05, 0.1) is 18.9 Å². The van der Waals surface area contributed by atoms with Gasteiger partial charge in [-0.05, 0) is 19.3 Å². The minimum Gasteiger partial charge on any atom is -0.382 e. The van der Waals surface area contributed by atoms with E-state index in [1.165, 1.54) is 12.6 Å². The first kappa shape index (κ1) is 11.6. The van der Waals surface area contributed by atoms with Gasteiger partial charge in [-0.1, -0.05) is 0 Å². The lowest BCUT2D eigenvalue weighted by molar-refractivity contribution is -0.130. The van der Waals surface area contributed by atoms with Crippen molar-refractivity contribution < 1.29 is 4.79 Å². The number of amides is 1. The average Bonchev–Trinajstić information content (AvgIpc) is 2.37. The van der Waals surface area contributed by atoms with E-state index in [0.29, 0.717) is 11.6 Å². The fourth-order valence-corrected chi connectivity index (χ4v) is 1.89. The highest BCUT2D eigenvalue weighted by molar-refractivity contribution is 5.80. The molecule has 0 aromatic carbocycles. The molecule has 0 unspecified atom stereocenters. The fourth-order valence-electron chi connectivity index (χ4n) is 1.89. The predicted molar refractivity (Wildman–Crippen MR) is 65.4 cm³/mol. The minimum atomic E-state index is 0.105. The molecule has 0 saturated carbocycles. The Bertz CT molecular complexity index is 389. The molecule has 0 spiro atoms. The van der Waals surface area contributed by atoms with Gasteiger partial charge in [-0.25, -0.2) is 4.98 Å². The molecule has 0 aliphatic carbocycles. The number of nitrogens with one attached hydrogen (secondary N) is 1. The summed E-state index contributed by atoms with van der Waals surface area (Å²) in [6, 6.07) is 0.